The Hall–Kier alpha value is -2.33. The van der Waals surface area contributed by atoms with Gasteiger partial charge in [-0.2, -0.15) is 0 Å². The number of aromatic amines is 1. The molecule has 160 valence electrons. The number of fused-ring (bicyclic) bond motifs is 1. The Morgan fingerprint density at radius 3 is 2.50 bits per heavy atom. The van der Waals surface area contributed by atoms with E-state index in [0.29, 0.717) is 23.5 Å². The number of rotatable bonds is 7. The van der Waals surface area contributed by atoms with Crippen molar-refractivity contribution < 1.29 is 4.42 Å². The normalized spacial score (nSPS) is 19.8. The first kappa shape index (κ1) is 20.9. The summed E-state index contributed by atoms with van der Waals surface area (Å²) < 4.78 is 5.24. The van der Waals surface area contributed by atoms with E-state index in [1.54, 1.807) is 0 Å². The highest BCUT2D eigenvalue weighted by Gasteiger charge is 2.25. The highest BCUT2D eigenvalue weighted by Crippen LogP contribution is 2.35. The van der Waals surface area contributed by atoms with Gasteiger partial charge < -0.3 is 9.32 Å². The maximum Gasteiger partial charge on any atom is 0.417 e. The number of aryl methyl sites for hydroxylation is 1. The standard InChI is InChI=1S/C26H34N2O2/c1-18(2)20-8-6-19(7-9-20)5-4-16-28(3)23-13-10-21(11-14-23)22-12-15-24-25(17-22)30-26(29)27-24/h6-9,12,15,17-18,21,23H,4-5,10-11,13-14,16H2,1-3H3,(H,27,29). The van der Waals surface area contributed by atoms with Crippen LogP contribution in [-0.2, 0) is 6.42 Å². The number of nitrogens with one attached hydrogen (secondary N) is 1. The number of aromatic nitrogens is 1. The number of nitrogens with zero attached hydrogens (tertiary/aromatic N) is 1. The van der Waals surface area contributed by atoms with Gasteiger partial charge in [0.05, 0.1) is 5.52 Å². The number of hydrogen-bond acceptors (Lipinski definition) is 3. The summed E-state index contributed by atoms with van der Waals surface area (Å²) in [7, 11) is 2.29. The predicted molar refractivity (Wildman–Crippen MR) is 123 cm³/mol. The molecule has 4 rings (SSSR count). The van der Waals surface area contributed by atoms with Gasteiger partial charge in [0.1, 0.15) is 0 Å². The Labute approximate surface area is 179 Å². The zero-order chi connectivity index (χ0) is 21.1. The van der Waals surface area contributed by atoms with Gasteiger partial charge in [-0.05, 0) is 92.8 Å². The molecule has 30 heavy (non-hydrogen) atoms. The van der Waals surface area contributed by atoms with E-state index in [-0.39, 0.29) is 5.76 Å². The Balaban J connectivity index is 1.24. The van der Waals surface area contributed by atoms with Gasteiger partial charge in [0.25, 0.3) is 0 Å². The van der Waals surface area contributed by atoms with Crippen LogP contribution in [0.2, 0.25) is 0 Å². The summed E-state index contributed by atoms with van der Waals surface area (Å²) in [5, 5.41) is 0. The van der Waals surface area contributed by atoms with Gasteiger partial charge in [0.15, 0.2) is 5.58 Å². The lowest BCUT2D eigenvalue weighted by Crippen LogP contribution is -2.35. The molecule has 0 unspecified atom stereocenters. The van der Waals surface area contributed by atoms with Crippen LogP contribution in [0.4, 0.5) is 0 Å². The Bertz CT molecular complexity index is 1010. The Morgan fingerprint density at radius 1 is 1.07 bits per heavy atom. The summed E-state index contributed by atoms with van der Waals surface area (Å²) in [5.74, 6) is 0.797. The molecule has 2 aromatic carbocycles. The fourth-order valence-electron chi connectivity index (χ4n) is 4.85. The zero-order valence-electron chi connectivity index (χ0n) is 18.5. The van der Waals surface area contributed by atoms with Crippen molar-refractivity contribution in [2.45, 2.75) is 70.3 Å². The summed E-state index contributed by atoms with van der Waals surface area (Å²) in [6.07, 6.45) is 7.23. The Kier molecular flexibility index (Phi) is 6.43. The molecular formula is C26H34N2O2. The fourth-order valence-corrected chi connectivity index (χ4v) is 4.85. The first-order valence-corrected chi connectivity index (χ1v) is 11.4. The zero-order valence-corrected chi connectivity index (χ0v) is 18.5. The molecule has 0 atom stereocenters. The lowest BCUT2D eigenvalue weighted by Gasteiger charge is -2.35. The van der Waals surface area contributed by atoms with Crippen LogP contribution in [-0.4, -0.2) is 29.5 Å². The van der Waals surface area contributed by atoms with Crippen molar-refractivity contribution in [1.82, 2.24) is 9.88 Å². The fraction of sp³-hybridized carbons (Fsp3) is 0.500. The molecule has 3 aromatic rings. The van der Waals surface area contributed by atoms with Crippen molar-refractivity contribution >= 4 is 11.1 Å². The molecule has 1 N–H and O–H groups in total. The van der Waals surface area contributed by atoms with Crippen LogP contribution in [0.5, 0.6) is 0 Å². The van der Waals surface area contributed by atoms with Gasteiger partial charge in [-0.3, -0.25) is 4.98 Å². The minimum absolute atomic E-state index is 0.372. The third kappa shape index (κ3) is 4.86. The predicted octanol–water partition coefficient (Wildman–Crippen LogP) is 5.84. The number of hydrogen-bond donors (Lipinski definition) is 1. The summed E-state index contributed by atoms with van der Waals surface area (Å²) >= 11 is 0. The van der Waals surface area contributed by atoms with E-state index >= 15 is 0 Å². The molecule has 1 heterocycles. The highest BCUT2D eigenvalue weighted by molar-refractivity contribution is 5.72. The van der Waals surface area contributed by atoms with Crippen molar-refractivity contribution in [3.05, 3.63) is 69.7 Å². The lowest BCUT2D eigenvalue weighted by atomic mass is 9.81. The van der Waals surface area contributed by atoms with E-state index in [9.17, 15) is 4.79 Å². The van der Waals surface area contributed by atoms with E-state index in [2.05, 4.69) is 61.1 Å². The average molecular weight is 407 g/mol. The van der Waals surface area contributed by atoms with Crippen LogP contribution >= 0.6 is 0 Å². The van der Waals surface area contributed by atoms with Crippen molar-refractivity contribution in [1.29, 1.82) is 0 Å². The summed E-state index contributed by atoms with van der Waals surface area (Å²) in [6.45, 7) is 5.64. The number of benzene rings is 2. The molecule has 4 nitrogen and oxygen atoms in total. The highest BCUT2D eigenvalue weighted by atomic mass is 16.4. The topological polar surface area (TPSA) is 49.2 Å². The second kappa shape index (κ2) is 9.22. The van der Waals surface area contributed by atoms with Crippen molar-refractivity contribution in [3.8, 4) is 0 Å². The second-order valence-electron chi connectivity index (χ2n) is 9.26. The average Bonchev–Trinajstić information content (AvgIpc) is 3.13. The smallest absolute Gasteiger partial charge is 0.408 e. The van der Waals surface area contributed by atoms with Crippen LogP contribution in [0.3, 0.4) is 0 Å². The van der Waals surface area contributed by atoms with E-state index in [1.807, 2.05) is 12.1 Å². The minimum Gasteiger partial charge on any atom is -0.408 e. The largest absolute Gasteiger partial charge is 0.417 e. The van der Waals surface area contributed by atoms with Gasteiger partial charge >= 0.3 is 5.76 Å². The molecule has 0 amide bonds. The molecule has 1 aliphatic carbocycles. The quantitative estimate of drug-likeness (QED) is 0.536. The van der Waals surface area contributed by atoms with Crippen LogP contribution in [0.1, 0.15) is 74.5 Å². The van der Waals surface area contributed by atoms with Gasteiger partial charge in [0.2, 0.25) is 0 Å². The van der Waals surface area contributed by atoms with E-state index < -0.39 is 0 Å². The maximum absolute atomic E-state index is 11.4. The second-order valence-corrected chi connectivity index (χ2v) is 9.26. The monoisotopic (exact) mass is 406 g/mol. The SMILES string of the molecule is CC(C)c1ccc(CCCN(C)C2CCC(c3ccc4[nH]c(=O)oc4c3)CC2)cc1. The van der Waals surface area contributed by atoms with E-state index in [4.69, 9.17) is 4.42 Å². The third-order valence-corrected chi connectivity index (χ3v) is 6.86. The first-order chi connectivity index (χ1) is 14.5. The van der Waals surface area contributed by atoms with Gasteiger partial charge in [0, 0.05) is 6.04 Å². The summed E-state index contributed by atoms with van der Waals surface area (Å²) in [4.78, 5) is 16.7. The van der Waals surface area contributed by atoms with Crippen molar-refractivity contribution in [2.24, 2.45) is 0 Å². The molecule has 0 saturated heterocycles. The summed E-state index contributed by atoms with van der Waals surface area (Å²) in [6, 6.07) is 16.0. The number of oxazole rings is 1. The van der Waals surface area contributed by atoms with E-state index in [1.165, 1.54) is 48.8 Å². The maximum atomic E-state index is 11.4. The molecule has 1 aliphatic rings. The van der Waals surface area contributed by atoms with Crippen molar-refractivity contribution in [2.75, 3.05) is 13.6 Å². The number of H-pyrrole nitrogens is 1. The molecule has 1 fully saturated rings. The van der Waals surface area contributed by atoms with Crippen LogP contribution in [0.25, 0.3) is 11.1 Å². The van der Waals surface area contributed by atoms with Gasteiger partial charge in [-0.25, -0.2) is 4.79 Å². The molecule has 0 radical (unpaired) electrons. The van der Waals surface area contributed by atoms with Crippen LogP contribution in [0, 0.1) is 0 Å². The molecule has 0 aliphatic heterocycles. The lowest BCUT2D eigenvalue weighted by molar-refractivity contribution is 0.181. The molecule has 0 bridgehead atoms. The molecule has 1 aromatic heterocycles. The van der Waals surface area contributed by atoms with Gasteiger partial charge in [-0.1, -0.05) is 44.2 Å². The molecule has 0 spiro atoms. The minimum atomic E-state index is -0.372. The van der Waals surface area contributed by atoms with Gasteiger partial charge in [-0.15, -0.1) is 0 Å². The molecular weight excluding hydrogens is 372 g/mol. The molecule has 4 heteroatoms. The first-order valence-electron chi connectivity index (χ1n) is 11.4. The van der Waals surface area contributed by atoms with Crippen LogP contribution < -0.4 is 5.76 Å². The van der Waals surface area contributed by atoms with Crippen molar-refractivity contribution in [3.63, 3.8) is 0 Å². The molecule has 1 saturated carbocycles. The summed E-state index contributed by atoms with van der Waals surface area (Å²) in [5.41, 5.74) is 5.64. The Morgan fingerprint density at radius 2 is 1.80 bits per heavy atom. The third-order valence-electron chi connectivity index (χ3n) is 6.86. The van der Waals surface area contributed by atoms with E-state index in [0.717, 1.165) is 18.5 Å². The van der Waals surface area contributed by atoms with Crippen LogP contribution in [0.15, 0.2) is 51.7 Å².